The minimum atomic E-state index is -0.458. The Balaban J connectivity index is 2.35. The molecule has 0 atom stereocenters. The first-order valence-electron chi connectivity index (χ1n) is 7.68. The van der Waals surface area contributed by atoms with Gasteiger partial charge in [0.25, 0.3) is 5.91 Å². The van der Waals surface area contributed by atoms with E-state index in [-0.39, 0.29) is 5.57 Å². The molecule has 0 radical (unpaired) electrons. The number of nitrogens with one attached hydrogen (secondary N) is 1. The molecule has 0 unspecified atom stereocenters. The van der Waals surface area contributed by atoms with Gasteiger partial charge in [-0.25, -0.2) is 0 Å². The highest BCUT2D eigenvalue weighted by Crippen LogP contribution is 2.34. The van der Waals surface area contributed by atoms with E-state index in [0.29, 0.717) is 29.4 Å². The van der Waals surface area contributed by atoms with Gasteiger partial charge in [-0.1, -0.05) is 12.1 Å². The smallest absolute Gasteiger partial charge is 0.266 e. The van der Waals surface area contributed by atoms with Crippen LogP contribution in [0.1, 0.15) is 12.5 Å². The van der Waals surface area contributed by atoms with Crippen molar-refractivity contribution in [1.82, 2.24) is 0 Å². The number of benzene rings is 2. The van der Waals surface area contributed by atoms with E-state index in [0.717, 1.165) is 7.14 Å². The molecule has 0 fully saturated rings. The van der Waals surface area contributed by atoms with E-state index >= 15 is 0 Å². The Morgan fingerprint density at radius 1 is 1.27 bits per heavy atom. The summed E-state index contributed by atoms with van der Waals surface area (Å²) in [5.74, 6) is 0.746. The van der Waals surface area contributed by atoms with Crippen LogP contribution in [-0.4, -0.2) is 19.6 Å². The molecule has 7 heteroatoms. The fourth-order valence-corrected chi connectivity index (χ4v) is 3.57. The van der Waals surface area contributed by atoms with Gasteiger partial charge in [0.2, 0.25) is 0 Å². The predicted molar refractivity (Wildman–Crippen MR) is 118 cm³/mol. The van der Waals surface area contributed by atoms with Gasteiger partial charge in [-0.05, 0) is 88.0 Å². The lowest BCUT2D eigenvalue weighted by Gasteiger charge is -2.12. The van der Waals surface area contributed by atoms with Crippen LogP contribution in [0.15, 0.2) is 42.0 Å². The van der Waals surface area contributed by atoms with Gasteiger partial charge in [0.1, 0.15) is 11.6 Å². The molecule has 0 aliphatic carbocycles. The van der Waals surface area contributed by atoms with E-state index < -0.39 is 5.91 Å². The molecule has 0 spiro atoms. The molecule has 0 aromatic heterocycles. The second-order valence-electron chi connectivity index (χ2n) is 5.07. The van der Waals surface area contributed by atoms with Crippen molar-refractivity contribution in [1.29, 1.82) is 5.26 Å². The van der Waals surface area contributed by atoms with Crippen molar-refractivity contribution in [3.63, 3.8) is 0 Å². The molecule has 0 aliphatic rings. The zero-order valence-corrected chi connectivity index (χ0v) is 18.5. The highest BCUT2D eigenvalue weighted by molar-refractivity contribution is 14.1. The molecule has 134 valence electrons. The standard InChI is InChI=1S/C19H16I2N2O3/c1-3-26-17-10-12(9-15(21)18(17)25-2)8-13(11-22)19(24)23-16-7-5-4-6-14(16)20/h4-10H,3H2,1-2H3,(H,23,24). The molecule has 1 N–H and O–H groups in total. The molecule has 0 saturated carbocycles. The quantitative estimate of drug-likeness (QED) is 0.305. The van der Waals surface area contributed by atoms with Crippen LogP contribution in [0, 0.1) is 18.5 Å². The maximum Gasteiger partial charge on any atom is 0.266 e. The van der Waals surface area contributed by atoms with Crippen molar-refractivity contribution in [2.24, 2.45) is 0 Å². The number of hydrogen-bond donors (Lipinski definition) is 1. The van der Waals surface area contributed by atoms with Gasteiger partial charge < -0.3 is 14.8 Å². The second-order valence-corrected chi connectivity index (χ2v) is 7.40. The average Bonchev–Trinajstić information content (AvgIpc) is 2.61. The topological polar surface area (TPSA) is 71.3 Å². The monoisotopic (exact) mass is 574 g/mol. The minimum Gasteiger partial charge on any atom is -0.492 e. The van der Waals surface area contributed by atoms with Gasteiger partial charge in [0, 0.05) is 3.57 Å². The number of carbonyl (C=O) groups is 1. The van der Waals surface area contributed by atoms with Crippen LogP contribution in [0.3, 0.4) is 0 Å². The van der Waals surface area contributed by atoms with E-state index in [9.17, 15) is 10.1 Å². The van der Waals surface area contributed by atoms with Crippen molar-refractivity contribution in [2.45, 2.75) is 6.92 Å². The van der Waals surface area contributed by atoms with Crippen LogP contribution in [0.4, 0.5) is 5.69 Å². The van der Waals surface area contributed by atoms with Crippen LogP contribution < -0.4 is 14.8 Å². The molecule has 5 nitrogen and oxygen atoms in total. The lowest BCUT2D eigenvalue weighted by molar-refractivity contribution is -0.112. The molecule has 0 saturated heterocycles. The second kappa shape index (κ2) is 9.78. The summed E-state index contributed by atoms with van der Waals surface area (Å²) < 4.78 is 12.7. The van der Waals surface area contributed by atoms with E-state index in [1.165, 1.54) is 6.08 Å². The van der Waals surface area contributed by atoms with Crippen molar-refractivity contribution in [2.75, 3.05) is 19.0 Å². The highest BCUT2D eigenvalue weighted by Gasteiger charge is 2.14. The molecule has 0 aliphatic heterocycles. The summed E-state index contributed by atoms with van der Waals surface area (Å²) in [7, 11) is 1.57. The summed E-state index contributed by atoms with van der Waals surface area (Å²) >= 11 is 4.26. The Morgan fingerprint density at radius 3 is 2.62 bits per heavy atom. The maximum atomic E-state index is 12.5. The Kier molecular flexibility index (Phi) is 7.71. The summed E-state index contributed by atoms with van der Waals surface area (Å²) in [6, 6.07) is 12.9. The Hall–Kier alpha value is -1.80. The largest absolute Gasteiger partial charge is 0.492 e. The number of amides is 1. The Morgan fingerprint density at radius 2 is 2.00 bits per heavy atom. The van der Waals surface area contributed by atoms with E-state index in [2.05, 4.69) is 50.5 Å². The number of nitrogens with zero attached hydrogens (tertiary/aromatic N) is 1. The third kappa shape index (κ3) is 5.11. The SMILES string of the molecule is CCOc1cc(C=C(C#N)C(=O)Nc2ccccc2I)cc(I)c1OC. The molecule has 1 amide bonds. The van der Waals surface area contributed by atoms with Crippen molar-refractivity contribution in [3.8, 4) is 17.6 Å². The van der Waals surface area contributed by atoms with Gasteiger partial charge in [-0.2, -0.15) is 5.26 Å². The van der Waals surface area contributed by atoms with Crippen LogP contribution in [0.2, 0.25) is 0 Å². The fourth-order valence-electron chi connectivity index (χ4n) is 2.20. The zero-order valence-electron chi connectivity index (χ0n) is 14.2. The van der Waals surface area contributed by atoms with Crippen molar-refractivity contribution in [3.05, 3.63) is 54.7 Å². The number of anilines is 1. The summed E-state index contributed by atoms with van der Waals surface area (Å²) in [5, 5.41) is 12.2. The van der Waals surface area contributed by atoms with Gasteiger partial charge in [0.15, 0.2) is 11.5 Å². The predicted octanol–water partition coefficient (Wildman–Crippen LogP) is 4.85. The zero-order chi connectivity index (χ0) is 19.1. The van der Waals surface area contributed by atoms with Crippen LogP contribution in [0.5, 0.6) is 11.5 Å². The van der Waals surface area contributed by atoms with Gasteiger partial charge in [0.05, 0.1) is 23.0 Å². The molecular formula is C19H16I2N2O3. The molecule has 2 aromatic rings. The van der Waals surface area contributed by atoms with Gasteiger partial charge in [-0.15, -0.1) is 0 Å². The first-order valence-corrected chi connectivity index (χ1v) is 9.83. The lowest BCUT2D eigenvalue weighted by atomic mass is 10.1. The molecule has 2 rings (SSSR count). The fraction of sp³-hybridized carbons (Fsp3) is 0.158. The summed E-state index contributed by atoms with van der Waals surface area (Å²) in [4.78, 5) is 12.5. The average molecular weight is 574 g/mol. The third-order valence-electron chi connectivity index (χ3n) is 3.33. The number of carbonyl (C=O) groups excluding carboxylic acids is 1. The van der Waals surface area contributed by atoms with Crippen LogP contribution in [-0.2, 0) is 4.79 Å². The van der Waals surface area contributed by atoms with E-state index in [4.69, 9.17) is 9.47 Å². The molecule has 0 heterocycles. The number of para-hydroxylation sites is 1. The van der Waals surface area contributed by atoms with Gasteiger partial charge in [-0.3, -0.25) is 4.79 Å². The Bertz CT molecular complexity index is 889. The summed E-state index contributed by atoms with van der Waals surface area (Å²) in [5.41, 5.74) is 1.36. The maximum absolute atomic E-state index is 12.5. The number of methoxy groups -OCH3 is 1. The number of hydrogen-bond acceptors (Lipinski definition) is 4. The first-order chi connectivity index (χ1) is 12.5. The van der Waals surface area contributed by atoms with Crippen LogP contribution >= 0.6 is 45.2 Å². The summed E-state index contributed by atoms with van der Waals surface area (Å²) in [6.07, 6.45) is 1.54. The van der Waals surface area contributed by atoms with E-state index in [1.807, 2.05) is 37.3 Å². The first kappa shape index (κ1) is 20.5. The van der Waals surface area contributed by atoms with E-state index in [1.54, 1.807) is 19.2 Å². The third-order valence-corrected chi connectivity index (χ3v) is 5.08. The van der Waals surface area contributed by atoms with Crippen molar-refractivity contribution < 1.29 is 14.3 Å². The molecular weight excluding hydrogens is 558 g/mol. The lowest BCUT2D eigenvalue weighted by Crippen LogP contribution is -2.14. The molecule has 2 aromatic carbocycles. The normalized spacial score (nSPS) is 10.8. The van der Waals surface area contributed by atoms with Crippen LogP contribution in [0.25, 0.3) is 6.08 Å². The number of halogens is 2. The summed E-state index contributed by atoms with van der Waals surface area (Å²) in [6.45, 7) is 2.36. The number of nitriles is 1. The Labute approximate surface area is 179 Å². The number of ether oxygens (including phenoxy) is 2. The highest BCUT2D eigenvalue weighted by atomic mass is 127. The van der Waals surface area contributed by atoms with Gasteiger partial charge >= 0.3 is 0 Å². The molecule has 26 heavy (non-hydrogen) atoms. The number of rotatable bonds is 6. The minimum absolute atomic E-state index is 0.00747. The van der Waals surface area contributed by atoms with Crippen molar-refractivity contribution >= 4 is 62.9 Å². The molecule has 0 bridgehead atoms.